The predicted octanol–water partition coefficient (Wildman–Crippen LogP) is 4.91. The lowest BCUT2D eigenvalue weighted by Crippen LogP contribution is -2.50. The van der Waals surface area contributed by atoms with Crippen LogP contribution in [0.15, 0.2) is 54.9 Å². The Morgan fingerprint density at radius 1 is 1.41 bits per heavy atom. The highest BCUT2D eigenvalue weighted by molar-refractivity contribution is 6.32. The van der Waals surface area contributed by atoms with E-state index in [1.54, 1.807) is 29.2 Å². The third-order valence-corrected chi connectivity index (χ3v) is 6.70. The molecule has 5 nitrogen and oxygen atoms in total. The Labute approximate surface area is 194 Å². The van der Waals surface area contributed by atoms with E-state index in [1.165, 1.54) is 6.08 Å². The van der Waals surface area contributed by atoms with Gasteiger partial charge in [0.15, 0.2) is 0 Å². The van der Waals surface area contributed by atoms with Gasteiger partial charge in [-0.3, -0.25) is 4.79 Å². The Hall–Kier alpha value is -2.62. The van der Waals surface area contributed by atoms with Gasteiger partial charge in [-0.05, 0) is 37.5 Å². The first kappa shape index (κ1) is 24.0. The monoisotopic (exact) mass is 457 g/mol. The maximum Gasteiger partial charge on any atom is 0.254 e. The summed E-state index contributed by atoms with van der Waals surface area (Å²) in [6.07, 6.45) is 7.48. The van der Waals surface area contributed by atoms with Crippen LogP contribution >= 0.6 is 11.6 Å². The van der Waals surface area contributed by atoms with Crippen molar-refractivity contribution in [2.45, 2.75) is 50.2 Å². The maximum absolute atomic E-state index is 14.1. The van der Waals surface area contributed by atoms with Gasteiger partial charge in [-0.2, -0.15) is 5.26 Å². The number of halogens is 2. The second-order valence-corrected chi connectivity index (χ2v) is 8.93. The summed E-state index contributed by atoms with van der Waals surface area (Å²) in [7, 11) is 0. The summed E-state index contributed by atoms with van der Waals surface area (Å²) in [5.74, 6) is -0.772. The smallest absolute Gasteiger partial charge is 0.254 e. The van der Waals surface area contributed by atoms with E-state index in [-0.39, 0.29) is 18.5 Å². The molecule has 1 amide bonds. The van der Waals surface area contributed by atoms with Crippen LogP contribution in [0, 0.1) is 11.3 Å². The third kappa shape index (κ3) is 5.23. The molecule has 1 saturated carbocycles. The number of nitrogens with zero attached hydrogens (tertiary/aromatic N) is 3. The minimum absolute atomic E-state index is 0.109. The van der Waals surface area contributed by atoms with Crippen LogP contribution in [0.25, 0.3) is 0 Å². The molecule has 0 aromatic heterocycles. The molecule has 2 aliphatic rings. The van der Waals surface area contributed by atoms with Crippen molar-refractivity contribution in [3.05, 3.63) is 65.5 Å². The fraction of sp³-hybridized carbons (Fsp3) is 0.440. The molecule has 1 saturated heterocycles. The molecule has 1 atom stereocenters. The first-order valence-electron chi connectivity index (χ1n) is 10.9. The third-order valence-electron chi connectivity index (χ3n) is 6.38. The zero-order valence-corrected chi connectivity index (χ0v) is 19.0. The molecule has 7 heteroatoms. The van der Waals surface area contributed by atoms with Crippen molar-refractivity contribution < 1.29 is 14.3 Å². The molecule has 1 unspecified atom stereocenters. The van der Waals surface area contributed by atoms with Crippen molar-refractivity contribution in [2.75, 3.05) is 24.5 Å². The van der Waals surface area contributed by atoms with Crippen LogP contribution in [0.5, 0.6) is 0 Å². The Balaban J connectivity index is 1.87. The van der Waals surface area contributed by atoms with Gasteiger partial charge in [-0.15, -0.1) is 0 Å². The Morgan fingerprint density at radius 2 is 2.12 bits per heavy atom. The largest absolute Gasteiger partial charge is 0.380 e. The highest BCUT2D eigenvalue weighted by Crippen LogP contribution is 2.33. The summed E-state index contributed by atoms with van der Waals surface area (Å²) in [6, 6.07) is 7.03. The molecule has 0 spiro atoms. The fourth-order valence-electron chi connectivity index (χ4n) is 4.58. The average molecular weight is 458 g/mol. The molecule has 2 fully saturated rings. The van der Waals surface area contributed by atoms with Crippen LogP contribution in [-0.2, 0) is 4.79 Å². The minimum atomic E-state index is -1.28. The number of rotatable bonds is 7. The fourth-order valence-corrected chi connectivity index (χ4v) is 4.80. The number of hydrogen-bond acceptors (Lipinski definition) is 4. The van der Waals surface area contributed by atoms with E-state index < -0.39 is 11.4 Å². The molecular formula is C25H29ClFN3O2. The van der Waals surface area contributed by atoms with E-state index in [4.69, 9.17) is 11.6 Å². The number of allylic oxidation sites excluding steroid dienone is 2. The van der Waals surface area contributed by atoms with Crippen molar-refractivity contribution in [1.82, 2.24) is 4.90 Å². The van der Waals surface area contributed by atoms with Crippen molar-refractivity contribution in [3.63, 3.8) is 0 Å². The van der Waals surface area contributed by atoms with Gasteiger partial charge in [0.1, 0.15) is 17.5 Å². The van der Waals surface area contributed by atoms with Gasteiger partial charge < -0.3 is 14.9 Å². The number of likely N-dealkylation sites (tertiary alicyclic amines) is 1. The van der Waals surface area contributed by atoms with Gasteiger partial charge in [-0.1, -0.05) is 56.2 Å². The first-order chi connectivity index (χ1) is 15.3. The molecule has 170 valence electrons. The summed E-state index contributed by atoms with van der Waals surface area (Å²) in [4.78, 5) is 16.8. The van der Waals surface area contributed by atoms with E-state index in [0.29, 0.717) is 48.5 Å². The molecule has 1 aromatic carbocycles. The lowest BCUT2D eigenvalue weighted by Gasteiger charge is -2.35. The zero-order valence-electron chi connectivity index (χ0n) is 18.2. The average Bonchev–Trinajstić information content (AvgIpc) is 3.26. The van der Waals surface area contributed by atoms with Gasteiger partial charge >= 0.3 is 0 Å². The van der Waals surface area contributed by atoms with Crippen molar-refractivity contribution in [2.24, 2.45) is 0 Å². The topological polar surface area (TPSA) is 67.6 Å². The summed E-state index contributed by atoms with van der Waals surface area (Å²) in [5.41, 5.74) is 0.170. The van der Waals surface area contributed by atoms with Crippen molar-refractivity contribution in [3.8, 4) is 6.07 Å². The standard InChI is InChI=1S/C25H29ClFN3O2/c1-3-7-20(18(2)27)16-30(21-9-8-19(15-28)23(26)14-21)22-10-13-29(17-22)24(31)25(32)11-5-4-6-12-25/h3,7-9,14,22,32H,1-2,4-6,10-13,16-17H2/b20-7-. The molecule has 1 N–H and O–H groups in total. The maximum atomic E-state index is 14.1. The minimum Gasteiger partial charge on any atom is -0.380 e. The second-order valence-electron chi connectivity index (χ2n) is 8.52. The summed E-state index contributed by atoms with van der Waals surface area (Å²) < 4.78 is 14.1. The van der Waals surface area contributed by atoms with Gasteiger partial charge in [0.2, 0.25) is 0 Å². The quantitative estimate of drug-likeness (QED) is 0.591. The number of aliphatic hydroxyl groups is 1. The van der Waals surface area contributed by atoms with Gasteiger partial charge in [-0.25, -0.2) is 4.39 Å². The summed E-state index contributed by atoms with van der Waals surface area (Å²) in [5, 5.41) is 20.4. The highest BCUT2D eigenvalue weighted by atomic mass is 35.5. The molecule has 1 heterocycles. The van der Waals surface area contributed by atoms with Crippen LogP contribution in [0.2, 0.25) is 5.02 Å². The lowest BCUT2D eigenvalue weighted by atomic mass is 9.84. The summed E-state index contributed by atoms with van der Waals surface area (Å²) >= 11 is 6.27. The molecule has 1 aliphatic heterocycles. The molecule has 0 bridgehead atoms. The van der Waals surface area contributed by atoms with Gasteiger partial charge in [0.25, 0.3) is 5.91 Å². The summed E-state index contributed by atoms with van der Waals surface area (Å²) in [6.45, 7) is 8.22. The number of carbonyl (C=O) groups excluding carboxylic acids is 1. The molecule has 1 aromatic rings. The van der Waals surface area contributed by atoms with Crippen LogP contribution in [-0.4, -0.2) is 47.2 Å². The zero-order chi connectivity index (χ0) is 23.3. The van der Waals surface area contributed by atoms with E-state index in [9.17, 15) is 19.6 Å². The van der Waals surface area contributed by atoms with E-state index in [0.717, 1.165) is 24.9 Å². The van der Waals surface area contributed by atoms with Gasteiger partial charge in [0.05, 0.1) is 10.6 Å². The Bertz CT molecular complexity index is 962. The number of anilines is 1. The lowest BCUT2D eigenvalue weighted by molar-refractivity contribution is -0.153. The molecule has 3 rings (SSSR count). The van der Waals surface area contributed by atoms with E-state index in [1.807, 2.05) is 11.0 Å². The first-order valence-corrected chi connectivity index (χ1v) is 11.3. The van der Waals surface area contributed by atoms with Crippen LogP contribution in [0.3, 0.4) is 0 Å². The van der Waals surface area contributed by atoms with Crippen LogP contribution < -0.4 is 4.90 Å². The normalized spacial score (nSPS) is 20.5. The molecule has 1 aliphatic carbocycles. The number of carbonyl (C=O) groups is 1. The van der Waals surface area contributed by atoms with E-state index in [2.05, 4.69) is 13.2 Å². The van der Waals surface area contributed by atoms with Crippen molar-refractivity contribution >= 4 is 23.2 Å². The van der Waals surface area contributed by atoms with Crippen LogP contribution in [0.1, 0.15) is 44.1 Å². The van der Waals surface area contributed by atoms with E-state index >= 15 is 0 Å². The molecule has 0 radical (unpaired) electrons. The highest BCUT2D eigenvalue weighted by Gasteiger charge is 2.43. The molecular weight excluding hydrogens is 429 g/mol. The number of benzene rings is 1. The molecule has 32 heavy (non-hydrogen) atoms. The van der Waals surface area contributed by atoms with Crippen LogP contribution in [0.4, 0.5) is 10.1 Å². The second kappa shape index (κ2) is 10.3. The Kier molecular flexibility index (Phi) is 7.76. The number of hydrogen-bond donors (Lipinski definition) is 1. The SMILES string of the molecule is C=C/C=C(/CN(c1ccc(C#N)c(Cl)c1)C1CCN(C(=O)C2(O)CCCCC2)C1)C(=C)F. The predicted molar refractivity (Wildman–Crippen MR) is 125 cm³/mol. The van der Waals surface area contributed by atoms with Gasteiger partial charge in [0, 0.05) is 36.9 Å². The van der Waals surface area contributed by atoms with Crippen molar-refractivity contribution in [1.29, 1.82) is 5.26 Å². The number of nitriles is 1. The Morgan fingerprint density at radius 3 is 2.72 bits per heavy atom. The number of amides is 1.